The van der Waals surface area contributed by atoms with Crippen molar-refractivity contribution in [2.24, 2.45) is 0 Å². The molecule has 1 unspecified atom stereocenters. The van der Waals surface area contributed by atoms with Gasteiger partial charge in [-0.3, -0.25) is 14.5 Å². The van der Waals surface area contributed by atoms with E-state index in [1.54, 1.807) is 12.1 Å². The van der Waals surface area contributed by atoms with Gasteiger partial charge in [0.2, 0.25) is 17.6 Å². The largest absolute Gasteiger partial charge is 0.342 e. The number of hydrogen-bond donors (Lipinski definition) is 1. The topological polar surface area (TPSA) is 92.8 Å². The highest BCUT2D eigenvalue weighted by molar-refractivity contribution is 7.71. The Morgan fingerprint density at radius 3 is 2.86 bits per heavy atom. The SMILES string of the molecule is Cc1ccc(-c2n[nH]c(=S)n2CCC(=O)N2CCCC(c3nc(-c4cccc(F)c4)no3)C2)cc1. The van der Waals surface area contributed by atoms with Gasteiger partial charge >= 0.3 is 0 Å². The average molecular weight is 493 g/mol. The molecular weight excluding hydrogens is 467 g/mol. The molecule has 1 fully saturated rings. The summed E-state index contributed by atoms with van der Waals surface area (Å²) in [7, 11) is 0. The van der Waals surface area contributed by atoms with Crippen molar-refractivity contribution < 1.29 is 13.7 Å². The van der Waals surface area contributed by atoms with E-state index in [2.05, 4.69) is 20.3 Å². The summed E-state index contributed by atoms with van der Waals surface area (Å²) in [5.74, 6) is 1.17. The first-order valence-electron chi connectivity index (χ1n) is 11.6. The Morgan fingerprint density at radius 1 is 1.23 bits per heavy atom. The predicted octanol–water partition coefficient (Wildman–Crippen LogP) is 4.90. The normalized spacial score (nSPS) is 15.9. The minimum atomic E-state index is -0.355. The second-order valence-corrected chi connectivity index (χ2v) is 9.15. The van der Waals surface area contributed by atoms with Gasteiger partial charge in [-0.2, -0.15) is 10.1 Å². The fourth-order valence-electron chi connectivity index (χ4n) is 4.36. The van der Waals surface area contributed by atoms with Gasteiger partial charge in [0.25, 0.3) is 0 Å². The van der Waals surface area contributed by atoms with Crippen LogP contribution in [0.5, 0.6) is 0 Å². The number of likely N-dealkylation sites (tertiary alicyclic amines) is 1. The number of nitrogens with zero attached hydrogens (tertiary/aromatic N) is 5. The van der Waals surface area contributed by atoms with Crippen LogP contribution in [0, 0.1) is 17.5 Å². The maximum absolute atomic E-state index is 13.5. The van der Waals surface area contributed by atoms with Crippen LogP contribution in [-0.4, -0.2) is 48.8 Å². The van der Waals surface area contributed by atoms with E-state index < -0.39 is 0 Å². The minimum Gasteiger partial charge on any atom is -0.342 e. The van der Waals surface area contributed by atoms with Crippen molar-refractivity contribution in [2.45, 2.75) is 38.6 Å². The van der Waals surface area contributed by atoms with Gasteiger partial charge in [-0.1, -0.05) is 47.1 Å². The van der Waals surface area contributed by atoms with E-state index in [1.807, 2.05) is 40.7 Å². The molecule has 1 aliphatic heterocycles. The number of aryl methyl sites for hydroxylation is 1. The fraction of sp³-hybridized carbons (Fsp3) is 0.320. The number of rotatable bonds is 6. The van der Waals surface area contributed by atoms with Gasteiger partial charge in [0.15, 0.2) is 10.6 Å². The molecule has 0 radical (unpaired) electrons. The van der Waals surface area contributed by atoms with Gasteiger partial charge in [0, 0.05) is 37.2 Å². The molecule has 180 valence electrons. The van der Waals surface area contributed by atoms with Crippen molar-refractivity contribution >= 4 is 18.1 Å². The zero-order valence-electron chi connectivity index (χ0n) is 19.3. The molecule has 1 N–H and O–H groups in total. The molecule has 2 aromatic carbocycles. The lowest BCUT2D eigenvalue weighted by molar-refractivity contribution is -0.132. The Bertz CT molecular complexity index is 1390. The minimum absolute atomic E-state index is 0.0394. The van der Waals surface area contributed by atoms with Crippen LogP contribution in [0.1, 0.15) is 36.6 Å². The highest BCUT2D eigenvalue weighted by Gasteiger charge is 2.29. The van der Waals surface area contributed by atoms with E-state index in [9.17, 15) is 9.18 Å². The summed E-state index contributed by atoms with van der Waals surface area (Å²) in [6.07, 6.45) is 1.99. The molecule has 1 saturated heterocycles. The quantitative estimate of drug-likeness (QED) is 0.385. The molecule has 4 aromatic rings. The van der Waals surface area contributed by atoms with Crippen molar-refractivity contribution in [3.8, 4) is 22.8 Å². The van der Waals surface area contributed by atoms with Crippen LogP contribution in [-0.2, 0) is 11.3 Å². The number of carbonyl (C=O) groups is 1. The fourth-order valence-corrected chi connectivity index (χ4v) is 4.59. The molecule has 10 heteroatoms. The molecular formula is C25H25FN6O2S. The molecule has 0 spiro atoms. The first-order valence-corrected chi connectivity index (χ1v) is 12.0. The third-order valence-corrected chi connectivity index (χ3v) is 6.58. The summed E-state index contributed by atoms with van der Waals surface area (Å²) < 4.78 is 21.4. The van der Waals surface area contributed by atoms with Gasteiger partial charge in [-0.25, -0.2) is 4.39 Å². The lowest BCUT2D eigenvalue weighted by Crippen LogP contribution is -2.39. The van der Waals surface area contributed by atoms with Crippen molar-refractivity contribution in [3.63, 3.8) is 0 Å². The molecule has 0 bridgehead atoms. The zero-order valence-corrected chi connectivity index (χ0v) is 20.1. The van der Waals surface area contributed by atoms with Crippen LogP contribution in [0.4, 0.5) is 4.39 Å². The standard InChI is InChI=1S/C25H25FN6O2S/c1-16-7-9-17(10-8-16)23-28-29-25(35)32(23)13-11-21(33)31-12-3-5-19(15-31)24-27-22(30-34-24)18-4-2-6-20(26)14-18/h2,4,6-10,14,19H,3,5,11-13,15H2,1H3,(H,29,35). The smallest absolute Gasteiger partial charge is 0.231 e. The van der Waals surface area contributed by atoms with Crippen LogP contribution in [0.3, 0.4) is 0 Å². The molecule has 3 heterocycles. The van der Waals surface area contributed by atoms with Crippen LogP contribution in [0.25, 0.3) is 22.8 Å². The molecule has 1 aliphatic rings. The third-order valence-electron chi connectivity index (χ3n) is 6.27. The molecule has 35 heavy (non-hydrogen) atoms. The number of amides is 1. The Kier molecular flexibility index (Phi) is 6.54. The van der Waals surface area contributed by atoms with E-state index in [0.29, 0.717) is 48.1 Å². The summed E-state index contributed by atoms with van der Waals surface area (Å²) >= 11 is 5.41. The number of piperidine rings is 1. The number of benzene rings is 2. The van der Waals surface area contributed by atoms with Crippen molar-refractivity contribution in [3.05, 3.63) is 70.6 Å². The Balaban J connectivity index is 1.24. The number of aromatic amines is 1. The van der Waals surface area contributed by atoms with Crippen LogP contribution in [0.15, 0.2) is 53.1 Å². The molecule has 0 aliphatic carbocycles. The summed E-state index contributed by atoms with van der Waals surface area (Å²) in [5, 5.41) is 11.2. The Labute approximate surface area is 206 Å². The Hall–Kier alpha value is -3.66. The molecule has 1 amide bonds. The number of carbonyl (C=O) groups excluding carboxylic acids is 1. The van der Waals surface area contributed by atoms with E-state index >= 15 is 0 Å². The molecule has 2 aromatic heterocycles. The second-order valence-electron chi connectivity index (χ2n) is 8.77. The lowest BCUT2D eigenvalue weighted by atomic mass is 9.97. The molecule has 5 rings (SSSR count). The van der Waals surface area contributed by atoms with E-state index in [0.717, 1.165) is 29.8 Å². The number of nitrogens with one attached hydrogen (secondary N) is 1. The second kappa shape index (κ2) is 9.91. The first-order chi connectivity index (χ1) is 17.0. The lowest BCUT2D eigenvalue weighted by Gasteiger charge is -2.31. The van der Waals surface area contributed by atoms with Gasteiger partial charge in [0.1, 0.15) is 5.82 Å². The molecule has 0 saturated carbocycles. The monoisotopic (exact) mass is 492 g/mol. The number of halogens is 1. The van der Waals surface area contributed by atoms with Gasteiger partial charge in [-0.15, -0.1) is 0 Å². The third kappa shape index (κ3) is 5.07. The highest BCUT2D eigenvalue weighted by Crippen LogP contribution is 2.28. The number of H-pyrrole nitrogens is 1. The molecule has 8 nitrogen and oxygen atoms in total. The van der Waals surface area contributed by atoms with E-state index in [4.69, 9.17) is 16.7 Å². The van der Waals surface area contributed by atoms with Gasteiger partial charge in [-0.05, 0) is 44.1 Å². The number of hydrogen-bond acceptors (Lipinski definition) is 6. The Morgan fingerprint density at radius 2 is 2.06 bits per heavy atom. The first kappa shape index (κ1) is 23.1. The van der Waals surface area contributed by atoms with Crippen molar-refractivity contribution in [1.29, 1.82) is 0 Å². The maximum atomic E-state index is 13.5. The highest BCUT2D eigenvalue weighted by atomic mass is 32.1. The summed E-state index contributed by atoms with van der Waals surface area (Å²) in [5.41, 5.74) is 2.66. The van der Waals surface area contributed by atoms with Crippen molar-refractivity contribution in [2.75, 3.05) is 13.1 Å². The predicted molar refractivity (Wildman–Crippen MR) is 130 cm³/mol. The molecule has 1 atom stereocenters. The van der Waals surface area contributed by atoms with E-state index in [-0.39, 0.29) is 17.6 Å². The van der Waals surface area contributed by atoms with Gasteiger partial charge in [0.05, 0.1) is 5.92 Å². The van der Waals surface area contributed by atoms with Crippen LogP contribution >= 0.6 is 12.2 Å². The van der Waals surface area contributed by atoms with Crippen molar-refractivity contribution in [1.82, 2.24) is 29.8 Å². The van der Waals surface area contributed by atoms with Crippen LogP contribution < -0.4 is 0 Å². The average Bonchev–Trinajstić information content (AvgIpc) is 3.50. The van der Waals surface area contributed by atoms with Crippen LogP contribution in [0.2, 0.25) is 0 Å². The number of aromatic nitrogens is 5. The maximum Gasteiger partial charge on any atom is 0.231 e. The zero-order chi connectivity index (χ0) is 24.4. The van der Waals surface area contributed by atoms with E-state index in [1.165, 1.54) is 12.1 Å². The summed E-state index contributed by atoms with van der Waals surface area (Å²) in [6, 6.07) is 14.1. The van der Waals surface area contributed by atoms with Gasteiger partial charge < -0.3 is 9.42 Å². The summed E-state index contributed by atoms with van der Waals surface area (Å²) in [4.78, 5) is 19.4. The summed E-state index contributed by atoms with van der Waals surface area (Å²) in [6.45, 7) is 3.65.